The van der Waals surface area contributed by atoms with Crippen LogP contribution in [-0.4, -0.2) is 124 Å². The van der Waals surface area contributed by atoms with E-state index < -0.39 is 140 Å². The molecule has 0 bridgehead atoms. The molecule has 0 spiro atoms. The Morgan fingerprint density at radius 2 is 0.738 bits per heavy atom. The van der Waals surface area contributed by atoms with Gasteiger partial charge in [0.05, 0.1) is 13.2 Å². The summed E-state index contributed by atoms with van der Waals surface area (Å²) in [6.07, 6.45) is -13.6. The lowest BCUT2D eigenvalue weighted by molar-refractivity contribution is -0.0542. The first-order valence-electron chi connectivity index (χ1n) is 15.1. The Bertz CT molecular complexity index is 2370. The first-order chi connectivity index (χ1) is 27.6. The van der Waals surface area contributed by atoms with Crippen LogP contribution in [0.1, 0.15) is 12.5 Å². The molecule has 0 aliphatic carbocycles. The maximum Gasteiger partial charge on any atom is 0.490 e. The van der Waals surface area contributed by atoms with Crippen LogP contribution >= 0.6 is 54.8 Å². The van der Waals surface area contributed by atoms with Crippen molar-refractivity contribution in [1.29, 1.82) is 0 Å². The number of ether oxygens (including phenoxy) is 2. The van der Waals surface area contributed by atoms with Crippen molar-refractivity contribution in [2.45, 2.75) is 49.1 Å². The lowest BCUT2D eigenvalue weighted by Gasteiger charge is -2.22. The lowest BCUT2D eigenvalue weighted by atomic mass is 10.1. The summed E-state index contributed by atoms with van der Waals surface area (Å²) in [5.41, 5.74) is -4.04. The van der Waals surface area contributed by atoms with Crippen LogP contribution in [0.2, 0.25) is 0 Å². The standard InChI is InChI=1S/C18H29N4O32P7/c23-9-1-3-21(17(29)19-9)15-13(27)11(25)7(47-15)5-45-55(31,32)49-57(35,36)51-59(39,40)53-61(43,44)54-60(41,42)52-58(37,38)50-56(33,34)46-6-8-12(26)14(28)16(48-8)22-4-2-10(24)20-18(22)30/h1-4,7-8,11-16,25-28H,5-6H2,(H,31,32)(H,33,34)(H,35,36)(H,37,38)(H,39,40)(H,41,42)(H,43,44)(H,19,23,29)(H,20,24,30)/t7-,8+,11-,12+,13-,14+,15-,16+. The molecule has 0 amide bonds. The van der Waals surface area contributed by atoms with E-state index in [-0.39, 0.29) is 0 Å². The van der Waals surface area contributed by atoms with Gasteiger partial charge in [-0.2, -0.15) is 25.9 Å². The fraction of sp³-hybridized carbons (Fsp3) is 0.556. The molecule has 7 unspecified atom stereocenters. The van der Waals surface area contributed by atoms with Crippen LogP contribution in [0.25, 0.3) is 0 Å². The molecule has 2 fully saturated rings. The third-order valence-corrected chi connectivity index (χ3v) is 17.8. The number of phosphoric ester groups is 2. The zero-order valence-corrected chi connectivity index (χ0v) is 35.1. The van der Waals surface area contributed by atoms with Crippen LogP contribution in [0.4, 0.5) is 0 Å². The van der Waals surface area contributed by atoms with Gasteiger partial charge in [-0.3, -0.25) is 37.7 Å². The minimum atomic E-state index is -6.77. The highest BCUT2D eigenvalue weighted by molar-refractivity contribution is 7.73. The lowest BCUT2D eigenvalue weighted by Crippen LogP contribution is -2.37. The molecule has 0 saturated carbocycles. The van der Waals surface area contributed by atoms with Gasteiger partial charge in [-0.1, -0.05) is 0 Å². The summed E-state index contributed by atoms with van der Waals surface area (Å²) >= 11 is 0. The third kappa shape index (κ3) is 14.6. The Labute approximate surface area is 333 Å². The van der Waals surface area contributed by atoms with Gasteiger partial charge in [-0.25, -0.2) is 41.5 Å². The van der Waals surface area contributed by atoms with Crippen molar-refractivity contribution in [1.82, 2.24) is 19.1 Å². The number of aromatic nitrogens is 4. The SMILES string of the molecule is O=c1ccn([C@@H]2O[C@H](COP(=O)(O)OP(=O)(O)OP(=O)(O)OP(=O)(O)OP(=O)(O)OP(=O)(O)OP(=O)(O)OC[C@@H]3O[C@H](n4ccc(=O)[nH]c4=O)[C@@H](O)[C@H]3O)[C@@H](O)[C@H]2O)c(=O)[nH]1. The molecule has 2 aliphatic heterocycles. The Hall–Kier alpha value is -1.87. The molecule has 2 saturated heterocycles. The first kappa shape index (κ1) is 51.8. The molecule has 2 aromatic rings. The number of nitrogens with zero attached hydrogens (tertiary/aromatic N) is 2. The van der Waals surface area contributed by atoms with Crippen LogP contribution in [-0.2, 0) is 76.3 Å². The molecule has 4 heterocycles. The van der Waals surface area contributed by atoms with Crippen LogP contribution in [0.15, 0.2) is 43.7 Å². The predicted octanol–water partition coefficient (Wildman–Crippen LogP) is -3.84. The fourth-order valence-corrected chi connectivity index (χ4v) is 13.9. The van der Waals surface area contributed by atoms with E-state index in [9.17, 15) is 106 Å². The predicted molar refractivity (Wildman–Crippen MR) is 182 cm³/mol. The summed E-state index contributed by atoms with van der Waals surface area (Å²) in [6.45, 7) is -2.69. The Kier molecular flexibility index (Phi) is 16.1. The second kappa shape index (κ2) is 18.9. The number of hydrogen-bond acceptors (Lipinski definition) is 25. The van der Waals surface area contributed by atoms with Gasteiger partial charge in [0.25, 0.3) is 11.1 Å². The summed E-state index contributed by atoms with van der Waals surface area (Å²) in [5, 5.41) is 40.7. The molecule has 348 valence electrons. The van der Waals surface area contributed by atoms with E-state index in [2.05, 4.69) is 34.9 Å². The molecule has 2 aromatic heterocycles. The number of aliphatic hydroxyl groups is 4. The molecule has 43 heteroatoms. The zero-order valence-electron chi connectivity index (χ0n) is 28.9. The molecular weight excluding hydrogens is 1000 g/mol. The summed E-state index contributed by atoms with van der Waals surface area (Å²) in [7, 11) is -45.3. The van der Waals surface area contributed by atoms with Gasteiger partial charge in [-0.05, 0) is 0 Å². The van der Waals surface area contributed by atoms with Crippen LogP contribution in [0.3, 0.4) is 0 Å². The van der Waals surface area contributed by atoms with Gasteiger partial charge in [0.1, 0.15) is 36.6 Å². The minimum absolute atomic E-state index is 0.570. The van der Waals surface area contributed by atoms with Crippen molar-refractivity contribution < 1.29 is 131 Å². The minimum Gasteiger partial charge on any atom is -0.387 e. The molecule has 15 atom stereocenters. The molecular formula is C18H29N4O32P7. The molecule has 4 rings (SSSR count). The summed E-state index contributed by atoms with van der Waals surface area (Å²) in [4.78, 5) is 118. The van der Waals surface area contributed by atoms with E-state index in [0.717, 1.165) is 24.5 Å². The summed E-state index contributed by atoms with van der Waals surface area (Å²) in [5.74, 6) is 0. The molecule has 36 nitrogen and oxygen atoms in total. The molecule has 0 radical (unpaired) electrons. The number of H-pyrrole nitrogens is 2. The number of aliphatic hydroxyl groups excluding tert-OH is 4. The number of phosphoric acid groups is 7. The second-order valence-electron chi connectivity index (χ2n) is 11.5. The van der Waals surface area contributed by atoms with Crippen molar-refractivity contribution in [2.24, 2.45) is 0 Å². The normalized spacial score (nSPS) is 31.4. The fourth-order valence-electron chi connectivity index (χ4n) is 4.69. The van der Waals surface area contributed by atoms with E-state index in [1.807, 2.05) is 0 Å². The first-order valence-corrected chi connectivity index (χ1v) is 25.6. The third-order valence-electron chi connectivity index (χ3n) is 6.97. The molecule has 0 aromatic carbocycles. The van der Waals surface area contributed by atoms with Gasteiger partial charge >= 0.3 is 66.1 Å². The molecule has 2 aliphatic rings. The van der Waals surface area contributed by atoms with E-state index in [1.165, 1.54) is 0 Å². The van der Waals surface area contributed by atoms with Crippen molar-refractivity contribution in [3.8, 4) is 0 Å². The zero-order chi connectivity index (χ0) is 46.3. The van der Waals surface area contributed by atoms with Gasteiger partial charge < -0.3 is 64.2 Å². The number of rotatable bonds is 20. The highest BCUT2D eigenvalue weighted by Gasteiger charge is 2.52. The average Bonchev–Trinajstić information content (AvgIpc) is 3.48. The van der Waals surface area contributed by atoms with Crippen LogP contribution in [0, 0.1) is 0 Å². The molecule has 13 N–H and O–H groups in total. The topological polar surface area (TPSA) is 544 Å². The second-order valence-corrected chi connectivity index (χ2v) is 22.5. The van der Waals surface area contributed by atoms with Gasteiger partial charge in [0.15, 0.2) is 12.5 Å². The van der Waals surface area contributed by atoms with Crippen molar-refractivity contribution in [3.63, 3.8) is 0 Å². The highest BCUT2D eigenvalue weighted by Crippen LogP contribution is 2.76. The molecule has 61 heavy (non-hydrogen) atoms. The number of nitrogens with one attached hydrogen (secondary N) is 2. The van der Waals surface area contributed by atoms with Crippen molar-refractivity contribution >= 4 is 54.8 Å². The number of hydrogen-bond donors (Lipinski definition) is 13. The average molecular weight is 1030 g/mol. The van der Waals surface area contributed by atoms with Crippen LogP contribution < -0.4 is 22.5 Å². The number of aromatic amines is 2. The highest BCUT2D eigenvalue weighted by atomic mass is 31.3. The quantitative estimate of drug-likeness (QED) is 0.0565. The van der Waals surface area contributed by atoms with Gasteiger partial charge in [0.2, 0.25) is 0 Å². The van der Waals surface area contributed by atoms with Crippen molar-refractivity contribution in [2.75, 3.05) is 13.2 Å². The van der Waals surface area contributed by atoms with E-state index >= 15 is 0 Å². The van der Waals surface area contributed by atoms with Crippen LogP contribution in [0.5, 0.6) is 0 Å². The van der Waals surface area contributed by atoms with Gasteiger partial charge in [-0.15, -0.1) is 0 Å². The smallest absolute Gasteiger partial charge is 0.387 e. The van der Waals surface area contributed by atoms with E-state index in [4.69, 9.17) is 9.47 Å². The van der Waals surface area contributed by atoms with Crippen molar-refractivity contribution in [3.05, 3.63) is 66.2 Å². The Morgan fingerprint density at radius 3 is 1.00 bits per heavy atom. The maximum absolute atomic E-state index is 12.3. The largest absolute Gasteiger partial charge is 0.490 e. The van der Waals surface area contributed by atoms with E-state index in [0.29, 0.717) is 9.13 Å². The van der Waals surface area contributed by atoms with E-state index in [1.54, 1.807) is 9.97 Å². The Balaban J connectivity index is 1.29. The van der Waals surface area contributed by atoms with Gasteiger partial charge in [0, 0.05) is 24.5 Å². The summed E-state index contributed by atoms with van der Waals surface area (Å²) in [6, 6.07) is 1.61. The maximum atomic E-state index is 12.3. The monoisotopic (exact) mass is 1030 g/mol. The summed E-state index contributed by atoms with van der Waals surface area (Å²) < 4.78 is 126. The Morgan fingerprint density at radius 1 is 0.475 bits per heavy atom.